The molecule has 123 heavy (non-hydrogen) atoms. The molecule has 0 aromatic heterocycles. The van der Waals surface area contributed by atoms with E-state index >= 15 is 19.2 Å². The van der Waals surface area contributed by atoms with Crippen molar-refractivity contribution in [2.75, 3.05) is 13.2 Å². The quantitative estimate of drug-likeness (QED) is 0.0427. The molecule has 640 valence electrons. The Labute approximate surface area is 675 Å². The van der Waals surface area contributed by atoms with Crippen LogP contribution in [0.2, 0.25) is 0 Å². The van der Waals surface area contributed by atoms with Crippen LogP contribution in [0.4, 0.5) is 0 Å². The van der Waals surface area contributed by atoms with Crippen LogP contribution >= 0.6 is 0 Å². The number of carbonyl (C=O) groups excluding carboxylic acids is 9. The summed E-state index contributed by atoms with van der Waals surface area (Å²) in [5.74, 6) is -60.7. The number of phenols is 25. The van der Waals surface area contributed by atoms with Gasteiger partial charge in [-0.2, -0.15) is 0 Å². The monoisotopic (exact) mass is 1720 g/mol. The summed E-state index contributed by atoms with van der Waals surface area (Å²) in [5.41, 5.74) is -19.2. The molecule has 14 rings (SSSR count). The van der Waals surface area contributed by atoms with E-state index in [9.17, 15) is 162 Å². The highest BCUT2D eigenvalue weighted by Crippen LogP contribution is 2.60. The van der Waals surface area contributed by atoms with Gasteiger partial charge in [0, 0.05) is 45.5 Å². The van der Waals surface area contributed by atoms with Gasteiger partial charge in [0.1, 0.15) is 24.4 Å². The highest BCUT2D eigenvalue weighted by Gasteiger charge is 2.58. The van der Waals surface area contributed by atoms with Crippen molar-refractivity contribution in [2.45, 2.75) is 61.4 Å². The van der Waals surface area contributed by atoms with Gasteiger partial charge in [0.2, 0.25) is 58.4 Å². The van der Waals surface area contributed by atoms with E-state index in [1.54, 1.807) is 0 Å². The number of hydrogen-bond acceptors (Lipinski definition) is 48. The Bertz CT molecular complexity index is 6140. The lowest BCUT2D eigenvalue weighted by molar-refractivity contribution is -0.284. The first kappa shape index (κ1) is 82.4. The van der Waals surface area contributed by atoms with E-state index in [0.29, 0.717) is 42.5 Å². The zero-order valence-corrected chi connectivity index (χ0v) is 60.2. The van der Waals surface area contributed by atoms with E-state index in [-0.39, 0.29) is 24.3 Å². The van der Waals surface area contributed by atoms with Gasteiger partial charge in [-0.1, -0.05) is 0 Å². The number of esters is 9. The minimum Gasteiger partial charge on any atom is -0.504 e. The summed E-state index contributed by atoms with van der Waals surface area (Å²) in [6.45, 7) is -3.01. The number of hydrogen-bond donors (Lipinski definition) is 27. The summed E-state index contributed by atoms with van der Waals surface area (Å²) in [4.78, 5) is 133. The summed E-state index contributed by atoms with van der Waals surface area (Å²) < 4.78 is 67.6. The van der Waals surface area contributed by atoms with Crippen LogP contribution in [-0.2, 0) is 47.4 Å². The summed E-state index contributed by atoms with van der Waals surface area (Å²) in [6, 6.07) is 3.43. The number of phenolic OH excluding ortho intramolecular Hbond substituents is 25. The summed E-state index contributed by atoms with van der Waals surface area (Å²) in [5, 5.41) is 298. The smallest absolute Gasteiger partial charge is 0.343 e. The topological polar surface area (TPSA) is 811 Å². The molecule has 0 radical (unpaired) electrons. The molecule has 2 saturated heterocycles. The largest absolute Gasteiger partial charge is 0.504 e. The van der Waals surface area contributed by atoms with Crippen LogP contribution in [0.3, 0.4) is 0 Å². The average Bonchev–Trinajstić information content (AvgIpc) is 1.50. The fourth-order valence-corrected chi connectivity index (χ4v) is 13.6. The van der Waals surface area contributed by atoms with Gasteiger partial charge in [-0.25, -0.2) is 43.2 Å². The van der Waals surface area contributed by atoms with Crippen LogP contribution < -0.4 is 9.47 Å². The Hall–Kier alpha value is -17.1. The van der Waals surface area contributed by atoms with E-state index in [1.807, 2.05) is 0 Å². The molecule has 48 heteroatoms. The predicted molar refractivity (Wildman–Crippen MR) is 379 cm³/mol. The van der Waals surface area contributed by atoms with Gasteiger partial charge in [0.05, 0.1) is 51.1 Å². The molecular weight excluding hydrogens is 1670 g/mol. The Kier molecular flexibility index (Phi) is 20.2. The number of aromatic hydroxyl groups is 25. The molecule has 0 amide bonds. The lowest BCUT2D eigenvalue weighted by Crippen LogP contribution is -2.63. The molecule has 27 N–H and O–H groups in total. The van der Waals surface area contributed by atoms with Crippen molar-refractivity contribution in [2.24, 2.45) is 0 Å². The normalized spacial score (nSPS) is 20.3. The van der Waals surface area contributed by atoms with E-state index in [1.165, 1.54) is 0 Å². The molecule has 5 aliphatic rings. The van der Waals surface area contributed by atoms with Crippen molar-refractivity contribution in [3.8, 4) is 194 Å². The minimum atomic E-state index is -2.96. The summed E-state index contributed by atoms with van der Waals surface area (Å²) in [7, 11) is 0. The Morgan fingerprint density at radius 3 is 1.08 bits per heavy atom. The lowest BCUT2D eigenvalue weighted by atomic mass is 9.90. The molecule has 9 aromatic rings. The number of ether oxygens (including phenoxy) is 12. The number of benzene rings is 9. The molecule has 5 heterocycles. The second-order valence-corrected chi connectivity index (χ2v) is 26.8. The first-order chi connectivity index (χ1) is 57.9. The molecular formula is C75H52O48. The fourth-order valence-electron chi connectivity index (χ4n) is 13.6. The number of aliphatic hydroxyl groups excluding tert-OH is 2. The van der Waals surface area contributed by atoms with Crippen molar-refractivity contribution in [1.29, 1.82) is 0 Å². The first-order valence-electron chi connectivity index (χ1n) is 34.2. The number of rotatable bonds is 9. The molecule has 10 atom stereocenters. The van der Waals surface area contributed by atoms with Gasteiger partial charge >= 0.3 is 53.7 Å². The van der Waals surface area contributed by atoms with E-state index in [4.69, 9.17) is 56.8 Å². The maximum atomic E-state index is 15.8. The van der Waals surface area contributed by atoms with Crippen LogP contribution in [-0.4, -0.2) is 266 Å². The van der Waals surface area contributed by atoms with E-state index in [2.05, 4.69) is 0 Å². The first-order valence-corrected chi connectivity index (χ1v) is 34.2. The average molecular weight is 1720 g/mol. The highest BCUT2D eigenvalue weighted by atomic mass is 16.8. The minimum absolute atomic E-state index is 0.115. The standard InChI is InChI=1S/C75H52O48/c76-12-34-59(61-63(74(111)115-34)121-71(108)20-9-31(85)47(91)54(98)39(20)38-18(69(106)119-61)7-29(83)46(90)53(38)97)117-73(110)22-11-33(114-65(102)14-1-23(77)42(86)24(78)2-14)50(94)57(101)58(22)113-32-10-21-41(56(100)49(32)93)40-19(8-30(84)48(92)55(40)99)70(107)120-62-60-35(116-75(64(62)122-72(21)109)123-66(103)15-3-25(79)43(87)26(80)4-15)13-112-67(104)16-5-27(81)44(88)51(95)36(16)37-17(68(105)118-60)6-28(82)45(89)52(37)96/h1-11,34-35,59-64,74-101,111H,12-13H2. The second kappa shape index (κ2) is 30.1. The third-order valence-corrected chi connectivity index (χ3v) is 19.5. The van der Waals surface area contributed by atoms with Crippen LogP contribution in [0.5, 0.6) is 161 Å². The predicted octanol–water partition coefficient (Wildman–Crippen LogP) is 2.38. The van der Waals surface area contributed by atoms with Crippen LogP contribution in [0.1, 0.15) is 93.2 Å². The lowest BCUT2D eigenvalue weighted by Gasteiger charge is -2.44. The number of fused-ring (bicyclic) bond motifs is 13. The van der Waals surface area contributed by atoms with E-state index < -0.39 is 373 Å². The molecule has 48 nitrogen and oxygen atoms in total. The zero-order valence-electron chi connectivity index (χ0n) is 60.2. The van der Waals surface area contributed by atoms with Gasteiger partial charge < -0.3 is 195 Å². The summed E-state index contributed by atoms with van der Waals surface area (Å²) >= 11 is 0. The maximum absolute atomic E-state index is 15.8. The van der Waals surface area contributed by atoms with Crippen molar-refractivity contribution >= 4 is 53.7 Å². The SMILES string of the molecule is O=C(Oc1cc(C(=O)OC2C(CO)OC(O)C3OC(=O)c4cc(O)c(O)c(O)c4-c4c(cc(O)c(O)c4O)C(=O)OC32)c(Oc2cc3c(c(O)c2O)-c2c(cc(O)c(O)c2O)C(=O)OC2C4OC(=O)c5cc(O)c(O)c(O)c5-c5c(cc(O)c(O)c5O)C(=O)OCC4OC(OC(=O)c4cc(O)c(O)c(O)c4)C2OC3=O)c(O)c1O)c1cc(O)c(O)c(O)c1. The molecule has 0 saturated carbocycles. The number of cyclic esters (lactones) is 1. The maximum Gasteiger partial charge on any atom is 0.343 e. The van der Waals surface area contributed by atoms with Crippen molar-refractivity contribution < 1.29 is 238 Å². The summed E-state index contributed by atoms with van der Waals surface area (Å²) in [6.07, 6.45) is -27.1. The number of aliphatic hydroxyl groups is 2. The Morgan fingerprint density at radius 2 is 0.667 bits per heavy atom. The van der Waals surface area contributed by atoms with Crippen LogP contribution in [0.15, 0.2) is 66.7 Å². The third-order valence-electron chi connectivity index (χ3n) is 19.5. The van der Waals surface area contributed by atoms with Crippen molar-refractivity contribution in [3.63, 3.8) is 0 Å². The molecule has 9 aromatic carbocycles. The van der Waals surface area contributed by atoms with Gasteiger partial charge in [-0.05, 0) is 54.6 Å². The van der Waals surface area contributed by atoms with E-state index in [0.717, 1.165) is 0 Å². The van der Waals surface area contributed by atoms with Gasteiger partial charge in [0.15, 0.2) is 152 Å². The van der Waals surface area contributed by atoms with Gasteiger partial charge in [-0.15, -0.1) is 0 Å². The molecule has 2 fully saturated rings. The molecule has 0 spiro atoms. The second-order valence-electron chi connectivity index (χ2n) is 26.8. The molecule has 0 bridgehead atoms. The number of carbonyl (C=O) groups is 9. The van der Waals surface area contributed by atoms with Crippen molar-refractivity contribution in [3.05, 3.63) is 117 Å². The van der Waals surface area contributed by atoms with Crippen molar-refractivity contribution in [1.82, 2.24) is 0 Å². The molecule has 5 aliphatic heterocycles. The third kappa shape index (κ3) is 13.6. The highest BCUT2D eigenvalue weighted by molar-refractivity contribution is 6.12. The fraction of sp³-hybridized carbons (Fsp3) is 0.160. The molecule has 10 unspecified atom stereocenters. The van der Waals surface area contributed by atoms with Crippen LogP contribution in [0.25, 0.3) is 33.4 Å². The Morgan fingerprint density at radius 1 is 0.325 bits per heavy atom. The zero-order chi connectivity index (χ0) is 89.5. The van der Waals surface area contributed by atoms with Crippen LogP contribution in [0, 0.1) is 0 Å². The Balaban J connectivity index is 0.935. The molecule has 0 aliphatic carbocycles. The van der Waals surface area contributed by atoms with Gasteiger partial charge in [0.25, 0.3) is 0 Å². The van der Waals surface area contributed by atoms with Gasteiger partial charge in [-0.3, -0.25) is 0 Å².